The fourth-order valence-corrected chi connectivity index (χ4v) is 11.1. The van der Waals surface area contributed by atoms with Crippen LogP contribution in [0.2, 0.25) is 0 Å². The van der Waals surface area contributed by atoms with Crippen LogP contribution < -0.4 is 4.74 Å². The molecule has 12 aromatic rings. The number of hydrogen-bond donors (Lipinski definition) is 0. The van der Waals surface area contributed by atoms with Gasteiger partial charge in [0.05, 0.1) is 27.6 Å². The topological polar surface area (TPSA) is 49.3 Å². The molecule has 0 unspecified atom stereocenters. The molecule has 0 atom stereocenters. The molecule has 6 nitrogen and oxygen atoms in total. The summed E-state index contributed by atoms with van der Waals surface area (Å²) in [5.74, 6) is 2.40. The molecule has 0 saturated carbocycles. The maximum Gasteiger partial charge on any atom is 0.145 e. The second-order valence-electron chi connectivity index (χ2n) is 20.4. The number of pyridine rings is 2. The molecule has 5 aromatic heterocycles. The van der Waals surface area contributed by atoms with Crippen LogP contribution in [0.25, 0.3) is 93.6 Å². The summed E-state index contributed by atoms with van der Waals surface area (Å²) in [5.41, 5.74) is 13.8. The molecular formula is C60H49N5O. The fourth-order valence-electron chi connectivity index (χ4n) is 11.1. The Bertz CT molecular complexity index is 4010. The minimum atomic E-state index is -0.124. The zero-order valence-corrected chi connectivity index (χ0v) is 38.3. The molecule has 0 radical (unpaired) electrons. The zero-order chi connectivity index (χ0) is 44.9. The van der Waals surface area contributed by atoms with Gasteiger partial charge >= 0.3 is 0 Å². The Hall–Kier alpha value is -7.70. The molecule has 6 heteroatoms. The first-order chi connectivity index (χ1) is 31.9. The van der Waals surface area contributed by atoms with Crippen LogP contribution in [0, 0.1) is 0 Å². The Kier molecular flexibility index (Phi) is 7.88. The summed E-state index contributed by atoms with van der Waals surface area (Å²) in [6, 6.07) is 57.1. The molecule has 0 saturated heterocycles. The van der Waals surface area contributed by atoms with Gasteiger partial charge in [-0.25, -0.2) is 9.97 Å². The van der Waals surface area contributed by atoms with Gasteiger partial charge in [0.2, 0.25) is 0 Å². The first-order valence-corrected chi connectivity index (χ1v) is 23.1. The molecule has 0 N–H and O–H groups in total. The number of para-hydroxylation sites is 3. The molecule has 320 valence electrons. The van der Waals surface area contributed by atoms with E-state index >= 15 is 0 Å². The van der Waals surface area contributed by atoms with Gasteiger partial charge < -0.3 is 9.30 Å². The van der Waals surface area contributed by atoms with Gasteiger partial charge in [-0.3, -0.25) is 8.97 Å². The van der Waals surface area contributed by atoms with E-state index in [0.29, 0.717) is 0 Å². The summed E-state index contributed by atoms with van der Waals surface area (Å²) in [6.07, 6.45) is 4.03. The summed E-state index contributed by atoms with van der Waals surface area (Å²) in [5, 5.41) is 8.25. The Morgan fingerprint density at radius 2 is 1.24 bits per heavy atom. The predicted molar refractivity (Wildman–Crippen MR) is 273 cm³/mol. The number of hydrogen-bond acceptors (Lipinski definition) is 3. The van der Waals surface area contributed by atoms with Crippen LogP contribution in [0.4, 0.5) is 0 Å². The first kappa shape index (κ1) is 38.7. The fraction of sp³-hybridized carbons (Fsp3) is 0.167. The van der Waals surface area contributed by atoms with E-state index in [4.69, 9.17) is 14.7 Å². The van der Waals surface area contributed by atoms with Crippen LogP contribution in [0.15, 0.2) is 170 Å². The van der Waals surface area contributed by atoms with E-state index in [1.54, 1.807) is 0 Å². The molecule has 0 amide bonds. The van der Waals surface area contributed by atoms with Crippen LogP contribution in [0.5, 0.6) is 11.5 Å². The highest BCUT2D eigenvalue weighted by molar-refractivity contribution is 6.18. The van der Waals surface area contributed by atoms with Crippen molar-refractivity contribution >= 4 is 70.9 Å². The van der Waals surface area contributed by atoms with Crippen molar-refractivity contribution in [2.45, 2.75) is 64.7 Å². The van der Waals surface area contributed by atoms with Crippen molar-refractivity contribution < 1.29 is 4.74 Å². The van der Waals surface area contributed by atoms with Crippen molar-refractivity contribution in [1.29, 1.82) is 0 Å². The van der Waals surface area contributed by atoms with Crippen molar-refractivity contribution in [3.63, 3.8) is 0 Å². The molecule has 1 aliphatic heterocycles. The summed E-state index contributed by atoms with van der Waals surface area (Å²) in [4.78, 5) is 10.1. The minimum absolute atomic E-state index is 0.0515. The third-order valence-electron chi connectivity index (χ3n) is 15.3. The molecule has 1 aliphatic rings. The van der Waals surface area contributed by atoms with Gasteiger partial charge in [-0.05, 0) is 112 Å². The highest BCUT2D eigenvalue weighted by Gasteiger charge is 2.46. The van der Waals surface area contributed by atoms with Crippen LogP contribution in [-0.4, -0.2) is 23.5 Å². The van der Waals surface area contributed by atoms with Crippen molar-refractivity contribution in [2.24, 2.45) is 0 Å². The molecule has 0 aliphatic carbocycles. The van der Waals surface area contributed by atoms with Gasteiger partial charge in [0, 0.05) is 73.0 Å². The number of ether oxygens (including phenoxy) is 1. The minimum Gasteiger partial charge on any atom is -0.457 e. The van der Waals surface area contributed by atoms with Crippen LogP contribution >= 0.6 is 0 Å². The van der Waals surface area contributed by atoms with E-state index in [9.17, 15) is 0 Å². The van der Waals surface area contributed by atoms with E-state index in [1.807, 2.05) is 6.20 Å². The second kappa shape index (κ2) is 13.4. The number of aromatic nitrogens is 5. The lowest BCUT2D eigenvalue weighted by molar-refractivity contribution is 0.288. The molecule has 0 bridgehead atoms. The van der Waals surface area contributed by atoms with E-state index < -0.39 is 0 Å². The molecule has 7 aromatic carbocycles. The van der Waals surface area contributed by atoms with E-state index in [2.05, 4.69) is 226 Å². The van der Waals surface area contributed by atoms with Crippen molar-refractivity contribution in [1.82, 2.24) is 23.5 Å². The number of fused-ring (bicyclic) bond motifs is 9. The van der Waals surface area contributed by atoms with Crippen LogP contribution in [0.3, 0.4) is 0 Å². The van der Waals surface area contributed by atoms with Gasteiger partial charge in [0.25, 0.3) is 0 Å². The van der Waals surface area contributed by atoms with Gasteiger partial charge in [0.15, 0.2) is 0 Å². The largest absolute Gasteiger partial charge is 0.457 e. The highest BCUT2D eigenvalue weighted by Crippen LogP contribution is 2.51. The van der Waals surface area contributed by atoms with E-state index in [0.717, 1.165) is 61.4 Å². The highest BCUT2D eigenvalue weighted by atomic mass is 16.5. The number of benzene rings is 7. The van der Waals surface area contributed by atoms with Gasteiger partial charge in [-0.15, -0.1) is 0 Å². The Morgan fingerprint density at radius 1 is 0.515 bits per heavy atom. The second-order valence-corrected chi connectivity index (χ2v) is 20.4. The molecule has 13 rings (SSSR count). The summed E-state index contributed by atoms with van der Waals surface area (Å²) in [6.45, 7) is 16.2. The normalized spacial score (nSPS) is 14.5. The Morgan fingerprint density at radius 3 is 2.08 bits per heavy atom. The quantitative estimate of drug-likeness (QED) is 0.162. The van der Waals surface area contributed by atoms with Crippen LogP contribution in [-0.2, 0) is 16.2 Å². The SMILES string of the molecule is CC(C)(C)c1ccnc(-n2c3ccc(-c4cccc5c4c4ccccc4n5-c4ccccc4)cc3c3ccc(Oc4ccc5c(c4)c4ncc6n4c4c(cccc54)C(C)(C)C6(C)C)cc32)c1. The number of nitrogens with zero attached hydrogens (tertiary/aromatic N) is 5. The number of imidazole rings is 1. The smallest absolute Gasteiger partial charge is 0.145 e. The lowest BCUT2D eigenvalue weighted by Gasteiger charge is -2.45. The third-order valence-corrected chi connectivity index (χ3v) is 15.3. The third kappa shape index (κ3) is 5.30. The van der Waals surface area contributed by atoms with E-state index in [-0.39, 0.29) is 16.2 Å². The van der Waals surface area contributed by atoms with Crippen molar-refractivity contribution in [2.75, 3.05) is 0 Å². The molecule has 0 fully saturated rings. The molecule has 66 heavy (non-hydrogen) atoms. The van der Waals surface area contributed by atoms with Crippen molar-refractivity contribution in [3.05, 3.63) is 187 Å². The standard InChI is InChI=1S/C60H49N5O/c1-58(2,3)37-29-30-61-54(32-37)64-50-28-23-36(41-18-14-22-51-55(41)45-17-11-12-21-49(45)63(51)38-15-9-8-10-16-38)31-46(50)43-27-25-40(34-52(43)64)66-39-24-26-42-44-19-13-20-48-56(44)65-53(60(6,7)59(48,4)5)35-62-57(65)47(42)33-39/h8-35H,1-7H3. The monoisotopic (exact) mass is 855 g/mol. The van der Waals surface area contributed by atoms with E-state index in [1.165, 1.54) is 60.5 Å². The van der Waals surface area contributed by atoms with Gasteiger partial charge in [-0.2, -0.15) is 0 Å². The average molecular weight is 856 g/mol. The first-order valence-electron chi connectivity index (χ1n) is 23.1. The average Bonchev–Trinajstić information content (AvgIpc) is 4.02. The van der Waals surface area contributed by atoms with Crippen molar-refractivity contribution in [3.8, 4) is 34.1 Å². The Labute approximate surface area is 383 Å². The Balaban J connectivity index is 0.989. The molecular weight excluding hydrogens is 807 g/mol. The maximum absolute atomic E-state index is 6.89. The predicted octanol–water partition coefficient (Wildman–Crippen LogP) is 15.6. The lowest BCUT2D eigenvalue weighted by atomic mass is 9.61. The van der Waals surface area contributed by atoms with Crippen LogP contribution in [0.1, 0.15) is 65.3 Å². The molecule has 6 heterocycles. The number of rotatable bonds is 5. The lowest BCUT2D eigenvalue weighted by Crippen LogP contribution is -2.44. The molecule has 0 spiro atoms. The van der Waals surface area contributed by atoms with Gasteiger partial charge in [0.1, 0.15) is 23.0 Å². The van der Waals surface area contributed by atoms with Gasteiger partial charge in [-0.1, -0.05) is 121 Å². The maximum atomic E-state index is 6.89. The summed E-state index contributed by atoms with van der Waals surface area (Å²) in [7, 11) is 0. The summed E-state index contributed by atoms with van der Waals surface area (Å²) >= 11 is 0. The zero-order valence-electron chi connectivity index (χ0n) is 38.3. The summed E-state index contributed by atoms with van der Waals surface area (Å²) < 4.78 is 14.0.